The Kier molecular flexibility index (Phi) is 5.15. The van der Waals surface area contributed by atoms with Crippen molar-refractivity contribution in [2.24, 2.45) is 0 Å². The highest BCUT2D eigenvalue weighted by Gasteiger charge is 2.26. The van der Waals surface area contributed by atoms with Crippen LogP contribution in [0.2, 0.25) is 0 Å². The number of benzene rings is 1. The van der Waals surface area contributed by atoms with Crippen molar-refractivity contribution in [1.29, 1.82) is 0 Å². The van der Waals surface area contributed by atoms with E-state index in [1.165, 1.54) is 19.1 Å². The molecule has 0 unspecified atom stereocenters. The number of carbonyl (C=O) groups is 2. The summed E-state index contributed by atoms with van der Waals surface area (Å²) in [5.74, 6) is -0.803. The lowest BCUT2D eigenvalue weighted by molar-refractivity contribution is 0.0989. The fourth-order valence-corrected chi connectivity index (χ4v) is 3.37. The lowest BCUT2D eigenvalue weighted by Crippen LogP contribution is -2.40. The van der Waals surface area contributed by atoms with Gasteiger partial charge in [-0.3, -0.25) is 9.59 Å². The first kappa shape index (κ1) is 18.9. The number of anilines is 1. The van der Waals surface area contributed by atoms with Crippen LogP contribution in [-0.2, 0) is 10.0 Å². The van der Waals surface area contributed by atoms with Gasteiger partial charge in [0.1, 0.15) is 0 Å². The summed E-state index contributed by atoms with van der Waals surface area (Å²) >= 11 is 0. The summed E-state index contributed by atoms with van der Waals surface area (Å²) in [6.45, 7) is 6.55. The minimum absolute atomic E-state index is 0.0786. The Bertz CT molecular complexity index is 890. The Morgan fingerprint density at radius 1 is 1.00 bits per heavy atom. The average Bonchev–Trinajstić information content (AvgIpc) is 2.96. The van der Waals surface area contributed by atoms with Gasteiger partial charge < -0.3 is 9.73 Å². The van der Waals surface area contributed by atoms with Gasteiger partial charge in [-0.2, -0.15) is 0 Å². The van der Waals surface area contributed by atoms with Crippen molar-refractivity contribution in [3.8, 4) is 0 Å². The molecule has 1 heterocycles. The molecule has 1 amide bonds. The van der Waals surface area contributed by atoms with E-state index >= 15 is 0 Å². The molecular weight excluding hydrogens is 344 g/mol. The molecule has 1 aromatic heterocycles. The number of amides is 1. The van der Waals surface area contributed by atoms with Gasteiger partial charge in [0.05, 0.1) is 0 Å². The molecule has 0 aliphatic rings. The number of hydrogen-bond donors (Lipinski definition) is 2. The number of ketones is 1. The molecule has 8 heteroatoms. The highest BCUT2D eigenvalue weighted by Crippen LogP contribution is 2.18. The minimum Gasteiger partial charge on any atom is -0.438 e. The molecule has 0 saturated heterocycles. The zero-order valence-corrected chi connectivity index (χ0v) is 15.2. The van der Waals surface area contributed by atoms with Gasteiger partial charge in [-0.25, -0.2) is 13.1 Å². The maximum atomic E-state index is 12.2. The van der Waals surface area contributed by atoms with E-state index in [1.807, 2.05) is 0 Å². The van der Waals surface area contributed by atoms with Crippen molar-refractivity contribution in [3.05, 3.63) is 47.7 Å². The Hall–Kier alpha value is -2.45. The lowest BCUT2D eigenvalue weighted by atomic mass is 10.1. The maximum absolute atomic E-state index is 12.2. The molecule has 0 spiro atoms. The summed E-state index contributed by atoms with van der Waals surface area (Å²) in [4.78, 5) is 23.4. The van der Waals surface area contributed by atoms with Crippen molar-refractivity contribution in [2.45, 2.75) is 38.3 Å². The molecular formula is C17H20N2O5S. The molecule has 2 N–H and O–H groups in total. The van der Waals surface area contributed by atoms with Gasteiger partial charge in [-0.05, 0) is 64.1 Å². The first-order valence-corrected chi connectivity index (χ1v) is 9.02. The van der Waals surface area contributed by atoms with Crippen LogP contribution in [0.15, 0.2) is 45.9 Å². The van der Waals surface area contributed by atoms with Gasteiger partial charge in [0, 0.05) is 16.8 Å². The van der Waals surface area contributed by atoms with Crippen LogP contribution in [-0.4, -0.2) is 25.6 Å². The van der Waals surface area contributed by atoms with Gasteiger partial charge in [0.25, 0.3) is 15.9 Å². The number of furan rings is 1. The highest BCUT2D eigenvalue weighted by molar-refractivity contribution is 7.89. The van der Waals surface area contributed by atoms with Crippen molar-refractivity contribution in [3.63, 3.8) is 0 Å². The zero-order valence-electron chi connectivity index (χ0n) is 14.4. The van der Waals surface area contributed by atoms with Gasteiger partial charge >= 0.3 is 0 Å². The van der Waals surface area contributed by atoms with Crippen LogP contribution in [0.1, 0.15) is 48.6 Å². The molecule has 0 saturated carbocycles. The molecule has 0 aliphatic heterocycles. The maximum Gasteiger partial charge on any atom is 0.291 e. The number of rotatable bonds is 5. The summed E-state index contributed by atoms with van der Waals surface area (Å²) in [6, 6.07) is 8.84. The molecule has 134 valence electrons. The number of sulfonamides is 1. The summed E-state index contributed by atoms with van der Waals surface area (Å²) in [7, 11) is -3.85. The average molecular weight is 364 g/mol. The molecule has 2 aromatic rings. The predicted molar refractivity (Wildman–Crippen MR) is 93.2 cm³/mol. The second-order valence-corrected chi connectivity index (χ2v) is 8.18. The topological polar surface area (TPSA) is 105 Å². The van der Waals surface area contributed by atoms with E-state index in [2.05, 4.69) is 10.0 Å². The second-order valence-electron chi connectivity index (χ2n) is 6.56. The van der Waals surface area contributed by atoms with Gasteiger partial charge in [-0.1, -0.05) is 0 Å². The van der Waals surface area contributed by atoms with Gasteiger partial charge in [0.2, 0.25) is 5.09 Å². The zero-order chi connectivity index (χ0) is 18.8. The monoisotopic (exact) mass is 364 g/mol. The summed E-state index contributed by atoms with van der Waals surface area (Å²) < 4.78 is 32.0. The van der Waals surface area contributed by atoms with E-state index in [4.69, 9.17) is 4.42 Å². The SMILES string of the molecule is CC(=O)c1ccc(NC(=O)c2ccc(S(=O)(=O)NC(C)(C)C)o2)cc1. The van der Waals surface area contributed by atoms with E-state index < -0.39 is 21.5 Å². The van der Waals surface area contributed by atoms with E-state index in [9.17, 15) is 18.0 Å². The van der Waals surface area contributed by atoms with E-state index in [1.54, 1.807) is 45.0 Å². The Labute approximate surface area is 146 Å². The smallest absolute Gasteiger partial charge is 0.291 e. The largest absolute Gasteiger partial charge is 0.438 e. The van der Waals surface area contributed by atoms with E-state index in [0.29, 0.717) is 11.3 Å². The Balaban J connectivity index is 2.14. The van der Waals surface area contributed by atoms with E-state index in [-0.39, 0.29) is 16.6 Å². The highest BCUT2D eigenvalue weighted by atomic mass is 32.2. The first-order chi connectivity index (χ1) is 11.5. The van der Waals surface area contributed by atoms with Gasteiger partial charge in [-0.15, -0.1) is 0 Å². The third kappa shape index (κ3) is 5.01. The van der Waals surface area contributed by atoms with Crippen LogP contribution in [0.5, 0.6) is 0 Å². The molecule has 7 nitrogen and oxygen atoms in total. The van der Waals surface area contributed by atoms with Crippen LogP contribution >= 0.6 is 0 Å². The standard InChI is InChI=1S/C17H20N2O5S/c1-11(20)12-5-7-13(8-6-12)18-16(21)14-9-10-15(24-14)25(22,23)19-17(2,3)4/h5-10,19H,1-4H3,(H,18,21). The minimum atomic E-state index is -3.85. The first-order valence-electron chi connectivity index (χ1n) is 7.54. The van der Waals surface area contributed by atoms with Gasteiger partial charge in [0.15, 0.2) is 11.5 Å². The summed E-state index contributed by atoms with van der Waals surface area (Å²) in [5.41, 5.74) is 0.313. The number of carbonyl (C=O) groups excluding carboxylic acids is 2. The third-order valence-electron chi connectivity index (χ3n) is 3.06. The van der Waals surface area contributed by atoms with Crippen molar-refractivity contribution < 1.29 is 22.4 Å². The number of nitrogens with one attached hydrogen (secondary N) is 2. The molecule has 0 bridgehead atoms. The van der Waals surface area contributed by atoms with Crippen molar-refractivity contribution in [1.82, 2.24) is 4.72 Å². The van der Waals surface area contributed by atoms with Crippen molar-refractivity contribution >= 4 is 27.4 Å². The molecule has 0 aliphatic carbocycles. The van der Waals surface area contributed by atoms with Crippen LogP contribution < -0.4 is 10.0 Å². The fraction of sp³-hybridized carbons (Fsp3) is 0.294. The Morgan fingerprint density at radius 2 is 1.60 bits per heavy atom. The van der Waals surface area contributed by atoms with Crippen molar-refractivity contribution in [2.75, 3.05) is 5.32 Å². The fourth-order valence-electron chi connectivity index (χ4n) is 2.02. The second kappa shape index (κ2) is 6.81. The normalized spacial score (nSPS) is 12.0. The molecule has 2 rings (SSSR count). The number of Topliss-reactive ketones (excluding diaryl/α,β-unsaturated/α-hetero) is 1. The Morgan fingerprint density at radius 3 is 2.12 bits per heavy atom. The lowest BCUT2D eigenvalue weighted by Gasteiger charge is -2.18. The van der Waals surface area contributed by atoms with Crippen LogP contribution in [0.4, 0.5) is 5.69 Å². The van der Waals surface area contributed by atoms with Crippen LogP contribution in [0.3, 0.4) is 0 Å². The molecule has 1 aromatic carbocycles. The third-order valence-corrected chi connectivity index (χ3v) is 4.69. The predicted octanol–water partition coefficient (Wildman–Crippen LogP) is 2.81. The number of hydrogen-bond acceptors (Lipinski definition) is 5. The molecule has 0 atom stereocenters. The summed E-state index contributed by atoms with van der Waals surface area (Å²) in [5, 5.41) is 2.24. The summed E-state index contributed by atoms with van der Waals surface area (Å²) in [6.07, 6.45) is 0. The quantitative estimate of drug-likeness (QED) is 0.794. The van der Waals surface area contributed by atoms with Crippen LogP contribution in [0.25, 0.3) is 0 Å². The van der Waals surface area contributed by atoms with Crippen LogP contribution in [0, 0.1) is 0 Å². The molecule has 25 heavy (non-hydrogen) atoms. The molecule has 0 radical (unpaired) electrons. The van der Waals surface area contributed by atoms with E-state index in [0.717, 1.165) is 0 Å². The molecule has 0 fully saturated rings.